The van der Waals surface area contributed by atoms with Gasteiger partial charge >= 0.3 is 0 Å². The Labute approximate surface area is 100 Å². The Morgan fingerprint density at radius 1 is 1.19 bits per heavy atom. The third-order valence-electron chi connectivity index (χ3n) is 2.84. The fourth-order valence-electron chi connectivity index (χ4n) is 1.65. The van der Waals surface area contributed by atoms with E-state index in [2.05, 4.69) is 48.5 Å². The summed E-state index contributed by atoms with van der Waals surface area (Å²) in [6, 6.07) is 12.6. The summed E-state index contributed by atoms with van der Waals surface area (Å²) in [5, 5.41) is 2.11. The first kappa shape index (κ1) is 11.0. The molecule has 3 heteroatoms. The molecule has 0 bridgehead atoms. The molecule has 2 nitrogen and oxygen atoms in total. The lowest BCUT2D eigenvalue weighted by molar-refractivity contribution is 0.754. The predicted octanol–water partition coefficient (Wildman–Crippen LogP) is 3.53. The maximum absolute atomic E-state index is 5.68. The predicted molar refractivity (Wildman–Crippen MR) is 72.0 cm³/mol. The van der Waals surface area contributed by atoms with Crippen molar-refractivity contribution in [1.82, 2.24) is 0 Å². The van der Waals surface area contributed by atoms with Gasteiger partial charge in [0.05, 0.1) is 6.04 Å². The number of nitrogen functional groups attached to an aromatic ring is 1. The molecule has 0 saturated carbocycles. The number of nitrogens with two attached hydrogens (primary N) is 1. The first-order chi connectivity index (χ1) is 7.68. The van der Waals surface area contributed by atoms with Crippen LogP contribution in [0.2, 0.25) is 0 Å². The zero-order valence-electron chi connectivity index (χ0n) is 9.55. The number of benzene rings is 1. The second-order valence-electron chi connectivity index (χ2n) is 3.89. The van der Waals surface area contributed by atoms with Gasteiger partial charge in [-0.25, -0.2) is 0 Å². The van der Waals surface area contributed by atoms with E-state index < -0.39 is 0 Å². The summed E-state index contributed by atoms with van der Waals surface area (Å²) in [6.07, 6.45) is 0. The Morgan fingerprint density at radius 2 is 1.88 bits per heavy atom. The van der Waals surface area contributed by atoms with Crippen LogP contribution in [0.3, 0.4) is 0 Å². The van der Waals surface area contributed by atoms with Crippen LogP contribution in [-0.2, 0) is 0 Å². The van der Waals surface area contributed by atoms with Crippen molar-refractivity contribution in [1.29, 1.82) is 0 Å². The lowest BCUT2D eigenvalue weighted by Gasteiger charge is -2.26. The van der Waals surface area contributed by atoms with Gasteiger partial charge in [0.15, 0.2) is 0 Å². The van der Waals surface area contributed by atoms with Gasteiger partial charge in [-0.15, -0.1) is 11.3 Å². The molecule has 1 unspecified atom stereocenters. The van der Waals surface area contributed by atoms with E-state index in [0.29, 0.717) is 6.04 Å². The van der Waals surface area contributed by atoms with Crippen LogP contribution in [-0.4, -0.2) is 7.05 Å². The maximum atomic E-state index is 5.68. The average molecular weight is 232 g/mol. The topological polar surface area (TPSA) is 29.3 Å². The largest absolute Gasteiger partial charge is 0.399 e. The van der Waals surface area contributed by atoms with Crippen LogP contribution < -0.4 is 10.6 Å². The molecular formula is C13H16N2S. The van der Waals surface area contributed by atoms with E-state index in [0.717, 1.165) is 5.69 Å². The molecule has 0 aliphatic heterocycles. The zero-order chi connectivity index (χ0) is 11.5. The molecule has 0 saturated heterocycles. The average Bonchev–Trinajstić information content (AvgIpc) is 2.81. The molecule has 1 atom stereocenters. The standard InChI is InChI=1S/C13H16N2S/c1-10(13-4-3-9-16-13)15(2)12-7-5-11(14)6-8-12/h3-10H,14H2,1-2H3. The first-order valence-electron chi connectivity index (χ1n) is 5.30. The molecule has 0 fully saturated rings. The number of rotatable bonds is 3. The summed E-state index contributed by atoms with van der Waals surface area (Å²) >= 11 is 1.79. The van der Waals surface area contributed by atoms with Crippen molar-refractivity contribution in [3.8, 4) is 0 Å². The van der Waals surface area contributed by atoms with E-state index >= 15 is 0 Å². The lowest BCUT2D eigenvalue weighted by Crippen LogP contribution is -2.20. The van der Waals surface area contributed by atoms with Crippen LogP contribution in [0.25, 0.3) is 0 Å². The maximum Gasteiger partial charge on any atom is 0.0603 e. The third kappa shape index (κ3) is 2.19. The zero-order valence-corrected chi connectivity index (χ0v) is 10.4. The number of thiophene rings is 1. The second kappa shape index (κ2) is 4.58. The van der Waals surface area contributed by atoms with E-state index in [9.17, 15) is 0 Å². The Balaban J connectivity index is 2.19. The molecule has 0 aliphatic carbocycles. The SMILES string of the molecule is CC(c1cccs1)N(C)c1ccc(N)cc1. The molecule has 2 rings (SSSR count). The van der Waals surface area contributed by atoms with E-state index in [4.69, 9.17) is 5.73 Å². The Bertz CT molecular complexity index is 433. The van der Waals surface area contributed by atoms with Gasteiger partial charge in [-0.1, -0.05) is 6.07 Å². The van der Waals surface area contributed by atoms with Crippen molar-refractivity contribution in [3.05, 3.63) is 46.7 Å². The summed E-state index contributed by atoms with van der Waals surface area (Å²) in [4.78, 5) is 3.63. The van der Waals surface area contributed by atoms with Crippen LogP contribution >= 0.6 is 11.3 Å². The van der Waals surface area contributed by atoms with Crippen LogP contribution in [0, 0.1) is 0 Å². The Morgan fingerprint density at radius 3 is 2.44 bits per heavy atom. The van der Waals surface area contributed by atoms with Crippen molar-refractivity contribution in [3.63, 3.8) is 0 Å². The van der Waals surface area contributed by atoms with E-state index in [1.54, 1.807) is 11.3 Å². The molecule has 1 aromatic heterocycles. The van der Waals surface area contributed by atoms with Gasteiger partial charge in [0, 0.05) is 23.3 Å². The molecule has 0 amide bonds. The number of hydrogen-bond acceptors (Lipinski definition) is 3. The molecule has 0 radical (unpaired) electrons. The van der Waals surface area contributed by atoms with Gasteiger partial charge in [-0.3, -0.25) is 0 Å². The Hall–Kier alpha value is -1.48. The molecule has 0 spiro atoms. The molecule has 16 heavy (non-hydrogen) atoms. The first-order valence-corrected chi connectivity index (χ1v) is 6.18. The molecular weight excluding hydrogens is 216 g/mol. The van der Waals surface area contributed by atoms with Gasteiger partial charge in [0.1, 0.15) is 0 Å². The molecule has 1 aromatic carbocycles. The quantitative estimate of drug-likeness (QED) is 0.820. The van der Waals surface area contributed by atoms with Crippen molar-refractivity contribution in [2.24, 2.45) is 0 Å². The minimum Gasteiger partial charge on any atom is -0.399 e. The summed E-state index contributed by atoms with van der Waals surface area (Å²) in [5.41, 5.74) is 7.68. The minimum atomic E-state index is 0.392. The normalized spacial score (nSPS) is 12.4. The van der Waals surface area contributed by atoms with Crippen molar-refractivity contribution in [2.45, 2.75) is 13.0 Å². The highest BCUT2D eigenvalue weighted by molar-refractivity contribution is 7.10. The van der Waals surface area contributed by atoms with Gasteiger partial charge in [0.25, 0.3) is 0 Å². The molecule has 1 heterocycles. The van der Waals surface area contributed by atoms with Crippen molar-refractivity contribution in [2.75, 3.05) is 17.7 Å². The highest BCUT2D eigenvalue weighted by atomic mass is 32.1. The van der Waals surface area contributed by atoms with Crippen molar-refractivity contribution < 1.29 is 0 Å². The van der Waals surface area contributed by atoms with Gasteiger partial charge in [-0.05, 0) is 42.6 Å². The van der Waals surface area contributed by atoms with Gasteiger partial charge in [-0.2, -0.15) is 0 Å². The molecule has 2 aromatic rings. The van der Waals surface area contributed by atoms with Crippen LogP contribution in [0.15, 0.2) is 41.8 Å². The van der Waals surface area contributed by atoms with E-state index in [1.807, 2.05) is 12.1 Å². The number of anilines is 2. The number of nitrogens with zero attached hydrogens (tertiary/aromatic N) is 1. The highest BCUT2D eigenvalue weighted by Crippen LogP contribution is 2.28. The highest BCUT2D eigenvalue weighted by Gasteiger charge is 2.12. The van der Waals surface area contributed by atoms with Crippen LogP contribution in [0.4, 0.5) is 11.4 Å². The number of hydrogen-bond donors (Lipinski definition) is 1. The van der Waals surface area contributed by atoms with Gasteiger partial charge in [0.2, 0.25) is 0 Å². The molecule has 2 N–H and O–H groups in total. The van der Waals surface area contributed by atoms with Crippen LogP contribution in [0.1, 0.15) is 17.8 Å². The van der Waals surface area contributed by atoms with Crippen molar-refractivity contribution >= 4 is 22.7 Å². The Kier molecular flexibility index (Phi) is 3.15. The molecule has 0 aliphatic rings. The van der Waals surface area contributed by atoms with E-state index in [-0.39, 0.29) is 0 Å². The fraction of sp³-hybridized carbons (Fsp3) is 0.231. The van der Waals surface area contributed by atoms with Crippen LogP contribution in [0.5, 0.6) is 0 Å². The lowest BCUT2D eigenvalue weighted by atomic mass is 10.2. The third-order valence-corrected chi connectivity index (χ3v) is 3.88. The summed E-state index contributed by atoms with van der Waals surface area (Å²) in [5.74, 6) is 0. The summed E-state index contributed by atoms with van der Waals surface area (Å²) < 4.78 is 0. The smallest absolute Gasteiger partial charge is 0.0603 e. The monoisotopic (exact) mass is 232 g/mol. The second-order valence-corrected chi connectivity index (χ2v) is 4.87. The molecule has 84 valence electrons. The minimum absolute atomic E-state index is 0.392. The van der Waals surface area contributed by atoms with Gasteiger partial charge < -0.3 is 10.6 Å². The van der Waals surface area contributed by atoms with E-state index in [1.165, 1.54) is 10.6 Å². The summed E-state index contributed by atoms with van der Waals surface area (Å²) in [6.45, 7) is 2.21. The fourth-order valence-corrected chi connectivity index (χ4v) is 2.48. The summed E-state index contributed by atoms with van der Waals surface area (Å²) in [7, 11) is 2.11.